The van der Waals surface area contributed by atoms with E-state index in [2.05, 4.69) is 27.5 Å². The molecule has 0 saturated carbocycles. The van der Waals surface area contributed by atoms with E-state index in [1.54, 1.807) is 12.4 Å². The number of pyridine rings is 2. The molecule has 0 bridgehead atoms. The maximum atomic E-state index is 11.9. The number of hydrogen-bond acceptors (Lipinski definition) is 4. The predicted molar refractivity (Wildman–Crippen MR) is 90.9 cm³/mol. The number of nitrogens with zero attached hydrogens (tertiary/aromatic N) is 2. The van der Waals surface area contributed by atoms with Crippen molar-refractivity contribution in [3.05, 3.63) is 53.5 Å². The van der Waals surface area contributed by atoms with Gasteiger partial charge in [-0.2, -0.15) is 11.8 Å². The normalized spacial score (nSPS) is 10.3. The van der Waals surface area contributed by atoms with Crippen LogP contribution in [0.25, 0.3) is 0 Å². The van der Waals surface area contributed by atoms with Crippen molar-refractivity contribution < 1.29 is 4.79 Å². The minimum absolute atomic E-state index is 0.280. The zero-order chi connectivity index (χ0) is 15.8. The minimum atomic E-state index is -0.280. The second-order valence-corrected chi connectivity index (χ2v) is 6.04. The highest BCUT2D eigenvalue weighted by atomic mass is 32.2. The molecular formula is C16H20N4OS. The molecule has 0 atom stereocenters. The molecule has 0 fully saturated rings. The van der Waals surface area contributed by atoms with Crippen LogP contribution in [0.2, 0.25) is 0 Å². The first-order valence-electron chi connectivity index (χ1n) is 7.17. The summed E-state index contributed by atoms with van der Waals surface area (Å²) >= 11 is 1.83. The van der Waals surface area contributed by atoms with E-state index in [0.29, 0.717) is 12.4 Å². The summed E-state index contributed by atoms with van der Waals surface area (Å²) < 4.78 is 0. The second kappa shape index (κ2) is 8.38. The second-order valence-electron chi connectivity index (χ2n) is 4.76. The number of carbonyl (C=O) groups is 1. The van der Waals surface area contributed by atoms with Crippen LogP contribution in [0, 0.1) is 6.92 Å². The Kier molecular flexibility index (Phi) is 6.21. The lowest BCUT2D eigenvalue weighted by molar-refractivity contribution is 0.251. The van der Waals surface area contributed by atoms with Gasteiger partial charge in [-0.1, -0.05) is 13.0 Å². The molecule has 0 unspecified atom stereocenters. The lowest BCUT2D eigenvalue weighted by atomic mass is 10.2. The SMILES string of the molecule is CCSCc1ccnc(NC(=O)NCc2ncccc2C)c1. The molecule has 116 valence electrons. The number of nitrogens with one attached hydrogen (secondary N) is 2. The maximum Gasteiger partial charge on any atom is 0.320 e. The molecule has 2 rings (SSSR count). The summed E-state index contributed by atoms with van der Waals surface area (Å²) in [5, 5.41) is 5.54. The van der Waals surface area contributed by atoms with Crippen molar-refractivity contribution in [1.82, 2.24) is 15.3 Å². The highest BCUT2D eigenvalue weighted by Gasteiger charge is 2.05. The fraction of sp³-hybridized carbons (Fsp3) is 0.312. The Morgan fingerprint density at radius 3 is 2.91 bits per heavy atom. The molecule has 2 aromatic rings. The Hall–Kier alpha value is -2.08. The van der Waals surface area contributed by atoms with Crippen molar-refractivity contribution in [2.24, 2.45) is 0 Å². The van der Waals surface area contributed by atoms with Crippen molar-refractivity contribution in [2.75, 3.05) is 11.1 Å². The topological polar surface area (TPSA) is 66.9 Å². The summed E-state index contributed by atoms with van der Waals surface area (Å²) in [7, 11) is 0. The van der Waals surface area contributed by atoms with E-state index in [-0.39, 0.29) is 6.03 Å². The molecule has 0 aromatic carbocycles. The predicted octanol–water partition coefficient (Wildman–Crippen LogP) is 3.36. The quantitative estimate of drug-likeness (QED) is 0.857. The van der Waals surface area contributed by atoms with E-state index >= 15 is 0 Å². The third-order valence-corrected chi connectivity index (χ3v) is 4.02. The largest absolute Gasteiger partial charge is 0.332 e. The number of thioether (sulfide) groups is 1. The van der Waals surface area contributed by atoms with Crippen molar-refractivity contribution in [3.63, 3.8) is 0 Å². The van der Waals surface area contributed by atoms with Gasteiger partial charge in [0.2, 0.25) is 0 Å². The van der Waals surface area contributed by atoms with E-state index in [1.165, 1.54) is 0 Å². The fourth-order valence-electron chi connectivity index (χ4n) is 1.88. The highest BCUT2D eigenvalue weighted by Crippen LogP contribution is 2.14. The molecule has 0 aliphatic heterocycles. The van der Waals surface area contributed by atoms with Crippen LogP contribution in [0.1, 0.15) is 23.7 Å². The number of amides is 2. The number of hydrogen-bond donors (Lipinski definition) is 2. The Labute approximate surface area is 135 Å². The van der Waals surface area contributed by atoms with Gasteiger partial charge in [0.1, 0.15) is 5.82 Å². The standard InChI is InChI=1S/C16H20N4OS/c1-3-22-11-13-6-8-18-15(9-13)20-16(21)19-10-14-12(2)5-4-7-17-14/h4-9H,3,10-11H2,1-2H3,(H2,18,19,20,21). The molecule has 0 saturated heterocycles. The van der Waals surface area contributed by atoms with Crippen LogP contribution in [0.3, 0.4) is 0 Å². The number of carbonyl (C=O) groups excluding carboxylic acids is 1. The number of aromatic nitrogens is 2. The van der Waals surface area contributed by atoms with Gasteiger partial charge in [0.15, 0.2) is 0 Å². The van der Waals surface area contributed by atoms with E-state index in [9.17, 15) is 4.79 Å². The van der Waals surface area contributed by atoms with Gasteiger partial charge >= 0.3 is 6.03 Å². The molecule has 22 heavy (non-hydrogen) atoms. The first-order valence-corrected chi connectivity index (χ1v) is 8.32. The van der Waals surface area contributed by atoms with Gasteiger partial charge in [-0.15, -0.1) is 0 Å². The molecule has 6 heteroatoms. The lowest BCUT2D eigenvalue weighted by Gasteiger charge is -2.09. The Balaban J connectivity index is 1.88. The monoisotopic (exact) mass is 316 g/mol. The molecule has 0 aliphatic carbocycles. The first kappa shape index (κ1) is 16.3. The zero-order valence-corrected chi connectivity index (χ0v) is 13.6. The summed E-state index contributed by atoms with van der Waals surface area (Å²) in [6.45, 7) is 4.49. The van der Waals surface area contributed by atoms with Crippen LogP contribution in [-0.2, 0) is 12.3 Å². The molecule has 2 heterocycles. The van der Waals surface area contributed by atoms with Crippen molar-refractivity contribution in [1.29, 1.82) is 0 Å². The molecule has 2 aromatic heterocycles. The van der Waals surface area contributed by atoms with E-state index in [4.69, 9.17) is 0 Å². The summed E-state index contributed by atoms with van der Waals surface area (Å²) in [6, 6.07) is 7.43. The van der Waals surface area contributed by atoms with E-state index < -0.39 is 0 Å². The number of urea groups is 1. The fourth-order valence-corrected chi connectivity index (χ4v) is 2.50. The van der Waals surface area contributed by atoms with Crippen molar-refractivity contribution in [3.8, 4) is 0 Å². The van der Waals surface area contributed by atoms with Crippen LogP contribution in [0.5, 0.6) is 0 Å². The van der Waals surface area contributed by atoms with Gasteiger partial charge in [0.25, 0.3) is 0 Å². The molecule has 0 aliphatic rings. The van der Waals surface area contributed by atoms with Crippen molar-refractivity contribution >= 4 is 23.6 Å². The third kappa shape index (κ3) is 5.04. The molecule has 2 N–H and O–H groups in total. The minimum Gasteiger partial charge on any atom is -0.332 e. The van der Waals surface area contributed by atoms with Crippen LogP contribution < -0.4 is 10.6 Å². The maximum absolute atomic E-state index is 11.9. The number of rotatable bonds is 6. The van der Waals surface area contributed by atoms with Gasteiger partial charge in [-0.25, -0.2) is 9.78 Å². The average molecular weight is 316 g/mol. The van der Waals surface area contributed by atoms with Crippen LogP contribution >= 0.6 is 11.8 Å². The Morgan fingerprint density at radius 2 is 2.14 bits per heavy atom. The Bertz CT molecular complexity index is 633. The zero-order valence-electron chi connectivity index (χ0n) is 12.8. The van der Waals surface area contributed by atoms with Gasteiger partial charge in [-0.05, 0) is 42.0 Å². The number of aryl methyl sites for hydroxylation is 1. The van der Waals surface area contributed by atoms with Crippen molar-refractivity contribution in [2.45, 2.75) is 26.1 Å². The van der Waals surface area contributed by atoms with E-state index in [1.807, 2.05) is 43.0 Å². The Morgan fingerprint density at radius 1 is 1.27 bits per heavy atom. The molecule has 2 amide bonds. The van der Waals surface area contributed by atoms with E-state index in [0.717, 1.165) is 28.3 Å². The number of anilines is 1. The molecule has 0 spiro atoms. The summed E-state index contributed by atoms with van der Waals surface area (Å²) in [6.07, 6.45) is 3.43. The van der Waals surface area contributed by atoms with Gasteiger partial charge < -0.3 is 5.32 Å². The van der Waals surface area contributed by atoms with Crippen LogP contribution in [0.4, 0.5) is 10.6 Å². The smallest absolute Gasteiger partial charge is 0.320 e. The summed E-state index contributed by atoms with van der Waals surface area (Å²) in [5.41, 5.74) is 3.07. The molecular weight excluding hydrogens is 296 g/mol. The molecule has 0 radical (unpaired) electrons. The summed E-state index contributed by atoms with van der Waals surface area (Å²) in [4.78, 5) is 20.3. The lowest BCUT2D eigenvalue weighted by Crippen LogP contribution is -2.29. The molecule has 5 nitrogen and oxygen atoms in total. The summed E-state index contributed by atoms with van der Waals surface area (Å²) in [5.74, 6) is 2.54. The highest BCUT2D eigenvalue weighted by molar-refractivity contribution is 7.98. The van der Waals surface area contributed by atoms with Crippen LogP contribution in [0.15, 0.2) is 36.7 Å². The third-order valence-electron chi connectivity index (χ3n) is 3.07. The van der Waals surface area contributed by atoms with Gasteiger partial charge in [0, 0.05) is 18.1 Å². The average Bonchev–Trinajstić information content (AvgIpc) is 2.52. The van der Waals surface area contributed by atoms with Gasteiger partial charge in [0.05, 0.1) is 12.2 Å². The van der Waals surface area contributed by atoms with Gasteiger partial charge in [-0.3, -0.25) is 10.3 Å². The first-order chi connectivity index (χ1) is 10.7. The van der Waals surface area contributed by atoms with Crippen LogP contribution in [-0.4, -0.2) is 21.8 Å².